The van der Waals surface area contributed by atoms with Gasteiger partial charge in [0.05, 0.1) is 11.9 Å². The zero-order valence-corrected chi connectivity index (χ0v) is 12.2. The third-order valence-electron chi connectivity index (χ3n) is 3.30. The molecule has 2 aromatic carbocycles. The van der Waals surface area contributed by atoms with Gasteiger partial charge in [0, 0.05) is 5.56 Å². The van der Waals surface area contributed by atoms with Crippen LogP contribution in [0.3, 0.4) is 0 Å². The first kappa shape index (κ1) is 15.4. The summed E-state index contributed by atoms with van der Waals surface area (Å²) in [4.78, 5) is 12.3. The average molecular weight is 324 g/mol. The van der Waals surface area contributed by atoms with Crippen molar-refractivity contribution in [2.45, 2.75) is 0 Å². The number of halogens is 2. The zero-order valence-electron chi connectivity index (χ0n) is 12.2. The molecule has 0 aliphatic carbocycles. The molecule has 7 heteroatoms. The van der Waals surface area contributed by atoms with Crippen LogP contribution in [0.15, 0.2) is 54.7 Å². The Morgan fingerprint density at radius 1 is 1.12 bits per heavy atom. The monoisotopic (exact) mass is 324 g/mol. The molecule has 0 unspecified atom stereocenters. The summed E-state index contributed by atoms with van der Waals surface area (Å²) in [5.74, 6) is -2.69. The Morgan fingerprint density at radius 3 is 2.54 bits per heavy atom. The Morgan fingerprint density at radius 2 is 1.88 bits per heavy atom. The summed E-state index contributed by atoms with van der Waals surface area (Å²) in [6.45, 7) is 0. The van der Waals surface area contributed by atoms with Crippen molar-refractivity contribution in [1.82, 2.24) is 9.78 Å². The molecular formula is C17H10F2N4O. The lowest BCUT2D eigenvalue weighted by Crippen LogP contribution is -2.16. The number of para-hydroxylation sites is 1. The lowest BCUT2D eigenvalue weighted by Gasteiger charge is -2.09. The normalized spacial score (nSPS) is 10.2. The van der Waals surface area contributed by atoms with Crippen LogP contribution in [0.1, 0.15) is 15.9 Å². The van der Waals surface area contributed by atoms with Crippen LogP contribution in [0, 0.1) is 23.0 Å². The van der Waals surface area contributed by atoms with Crippen LogP contribution in [0.2, 0.25) is 0 Å². The number of anilines is 1. The van der Waals surface area contributed by atoms with E-state index in [1.165, 1.54) is 10.9 Å². The van der Waals surface area contributed by atoms with E-state index < -0.39 is 17.5 Å². The van der Waals surface area contributed by atoms with Crippen LogP contribution in [0.4, 0.5) is 14.6 Å². The van der Waals surface area contributed by atoms with Gasteiger partial charge in [0.15, 0.2) is 17.5 Å². The van der Waals surface area contributed by atoms with Gasteiger partial charge in [-0.05, 0) is 30.3 Å². The van der Waals surface area contributed by atoms with Crippen LogP contribution in [0.25, 0.3) is 5.69 Å². The highest BCUT2D eigenvalue weighted by Gasteiger charge is 2.17. The number of aromatic nitrogens is 2. The minimum atomic E-state index is -1.13. The predicted molar refractivity (Wildman–Crippen MR) is 82.6 cm³/mol. The fourth-order valence-corrected chi connectivity index (χ4v) is 2.13. The quantitative estimate of drug-likeness (QED) is 0.804. The van der Waals surface area contributed by atoms with E-state index in [2.05, 4.69) is 10.4 Å². The summed E-state index contributed by atoms with van der Waals surface area (Å²) >= 11 is 0. The molecule has 1 N–H and O–H groups in total. The minimum absolute atomic E-state index is 0.0707. The van der Waals surface area contributed by atoms with E-state index in [1.807, 2.05) is 12.1 Å². The second-order valence-corrected chi connectivity index (χ2v) is 4.85. The molecule has 0 aliphatic rings. The summed E-state index contributed by atoms with van der Waals surface area (Å²) < 4.78 is 27.6. The van der Waals surface area contributed by atoms with E-state index in [4.69, 9.17) is 0 Å². The molecule has 0 fully saturated rings. The van der Waals surface area contributed by atoms with E-state index in [-0.39, 0.29) is 16.9 Å². The number of hydrogen-bond acceptors (Lipinski definition) is 3. The van der Waals surface area contributed by atoms with E-state index in [1.54, 1.807) is 24.3 Å². The molecule has 118 valence electrons. The summed E-state index contributed by atoms with van der Waals surface area (Å²) in [5.41, 5.74) is 0.716. The van der Waals surface area contributed by atoms with Gasteiger partial charge in [-0.3, -0.25) is 4.79 Å². The van der Waals surface area contributed by atoms with Crippen LogP contribution in [0.5, 0.6) is 0 Å². The summed E-state index contributed by atoms with van der Waals surface area (Å²) in [7, 11) is 0. The Bertz CT molecular complexity index is 945. The van der Waals surface area contributed by atoms with Gasteiger partial charge < -0.3 is 5.32 Å². The maximum absolute atomic E-state index is 13.3. The topological polar surface area (TPSA) is 70.7 Å². The standard InChI is InChI=1S/C17H10F2N4O/c18-14-7-6-11(8-15(14)19)17(24)22-16-12(9-20)10-21-23(16)13-4-2-1-3-5-13/h1-8,10H,(H,22,24). The molecule has 5 nitrogen and oxygen atoms in total. The predicted octanol–water partition coefficient (Wildman–Crippen LogP) is 3.27. The molecule has 0 saturated carbocycles. The molecule has 1 aromatic heterocycles. The SMILES string of the molecule is N#Cc1cnn(-c2ccccc2)c1NC(=O)c1ccc(F)c(F)c1. The highest BCUT2D eigenvalue weighted by Crippen LogP contribution is 2.20. The van der Waals surface area contributed by atoms with Crippen molar-refractivity contribution >= 4 is 11.7 Å². The van der Waals surface area contributed by atoms with Crippen LogP contribution < -0.4 is 5.32 Å². The van der Waals surface area contributed by atoms with Gasteiger partial charge in [-0.2, -0.15) is 10.4 Å². The Balaban J connectivity index is 1.97. The van der Waals surface area contributed by atoms with Gasteiger partial charge in [-0.25, -0.2) is 13.5 Å². The maximum atomic E-state index is 13.3. The van der Waals surface area contributed by atoms with E-state index >= 15 is 0 Å². The molecule has 0 radical (unpaired) electrons. The van der Waals surface area contributed by atoms with Crippen molar-refractivity contribution in [2.75, 3.05) is 5.32 Å². The first-order chi connectivity index (χ1) is 11.6. The summed E-state index contributed by atoms with van der Waals surface area (Å²) in [6.07, 6.45) is 1.31. The number of carbonyl (C=O) groups excluding carboxylic acids is 1. The van der Waals surface area contributed by atoms with Crippen LogP contribution in [-0.2, 0) is 0 Å². The zero-order chi connectivity index (χ0) is 17.1. The molecule has 0 bridgehead atoms. The van der Waals surface area contributed by atoms with Crippen molar-refractivity contribution in [3.8, 4) is 11.8 Å². The van der Waals surface area contributed by atoms with Gasteiger partial charge in [0.2, 0.25) is 0 Å². The number of carbonyl (C=O) groups is 1. The molecule has 0 aliphatic heterocycles. The Hall–Kier alpha value is -3.53. The van der Waals surface area contributed by atoms with Crippen molar-refractivity contribution in [1.29, 1.82) is 5.26 Å². The molecule has 24 heavy (non-hydrogen) atoms. The fourth-order valence-electron chi connectivity index (χ4n) is 2.13. The molecule has 3 rings (SSSR count). The first-order valence-electron chi connectivity index (χ1n) is 6.90. The lowest BCUT2D eigenvalue weighted by molar-refractivity contribution is 0.102. The van der Waals surface area contributed by atoms with Crippen molar-refractivity contribution in [3.05, 3.63) is 77.5 Å². The lowest BCUT2D eigenvalue weighted by atomic mass is 10.2. The van der Waals surface area contributed by atoms with Gasteiger partial charge in [-0.15, -0.1) is 0 Å². The average Bonchev–Trinajstić information content (AvgIpc) is 3.00. The van der Waals surface area contributed by atoms with Crippen molar-refractivity contribution in [2.24, 2.45) is 0 Å². The number of amides is 1. The number of benzene rings is 2. The number of nitrogens with zero attached hydrogens (tertiary/aromatic N) is 3. The van der Waals surface area contributed by atoms with Gasteiger partial charge >= 0.3 is 0 Å². The summed E-state index contributed by atoms with van der Waals surface area (Å²) in [5, 5.41) is 15.8. The Kier molecular flexibility index (Phi) is 4.03. The van der Waals surface area contributed by atoms with Crippen molar-refractivity contribution < 1.29 is 13.6 Å². The maximum Gasteiger partial charge on any atom is 0.256 e. The fraction of sp³-hybridized carbons (Fsp3) is 0. The van der Waals surface area contributed by atoms with Gasteiger partial charge in [0.1, 0.15) is 11.6 Å². The number of rotatable bonds is 3. The van der Waals surface area contributed by atoms with Gasteiger partial charge in [0.25, 0.3) is 5.91 Å². The number of hydrogen-bond donors (Lipinski definition) is 1. The molecule has 0 atom stereocenters. The second-order valence-electron chi connectivity index (χ2n) is 4.85. The molecule has 1 heterocycles. The molecule has 0 spiro atoms. The second kappa shape index (κ2) is 6.30. The molecule has 1 amide bonds. The van der Waals surface area contributed by atoms with Gasteiger partial charge in [-0.1, -0.05) is 18.2 Å². The first-order valence-corrected chi connectivity index (χ1v) is 6.90. The highest BCUT2D eigenvalue weighted by molar-refractivity contribution is 6.04. The third kappa shape index (κ3) is 2.85. The molecule has 0 saturated heterocycles. The van der Waals surface area contributed by atoms with Crippen LogP contribution in [-0.4, -0.2) is 15.7 Å². The van der Waals surface area contributed by atoms with E-state index in [0.29, 0.717) is 5.69 Å². The Labute approximate surface area is 135 Å². The number of nitrogens with one attached hydrogen (secondary N) is 1. The molecule has 3 aromatic rings. The molecular weight excluding hydrogens is 314 g/mol. The van der Waals surface area contributed by atoms with E-state index in [9.17, 15) is 18.8 Å². The largest absolute Gasteiger partial charge is 0.305 e. The highest BCUT2D eigenvalue weighted by atomic mass is 19.2. The van der Waals surface area contributed by atoms with Crippen LogP contribution >= 0.6 is 0 Å². The minimum Gasteiger partial charge on any atom is -0.305 e. The van der Waals surface area contributed by atoms with E-state index in [0.717, 1.165) is 18.2 Å². The summed E-state index contributed by atoms with van der Waals surface area (Å²) in [6, 6.07) is 13.6. The number of nitriles is 1. The van der Waals surface area contributed by atoms with Crippen molar-refractivity contribution in [3.63, 3.8) is 0 Å². The smallest absolute Gasteiger partial charge is 0.256 e. The third-order valence-corrected chi connectivity index (χ3v) is 3.30.